The average molecular weight is 427 g/mol. The van der Waals surface area contributed by atoms with Crippen LogP contribution in [0.25, 0.3) is 0 Å². The Bertz CT molecular complexity index is 653. The molecule has 0 saturated carbocycles. The van der Waals surface area contributed by atoms with E-state index in [4.69, 9.17) is 0 Å². The van der Waals surface area contributed by atoms with Crippen molar-refractivity contribution in [2.24, 2.45) is 0 Å². The molecule has 0 heterocycles. The third kappa shape index (κ3) is 8.98. The molecule has 0 aliphatic rings. The molecule has 0 bridgehead atoms. The molecule has 0 saturated heterocycles. The first kappa shape index (κ1) is 28.5. The van der Waals surface area contributed by atoms with Crippen molar-refractivity contribution >= 4 is 11.6 Å². The Kier molecular flexibility index (Phi) is 14.6. The normalized spacial score (nSPS) is 11.6. The summed E-state index contributed by atoms with van der Waals surface area (Å²) in [6.45, 7) is 7.87. The monoisotopic (exact) mass is 426 g/mol. The lowest BCUT2D eigenvalue weighted by atomic mass is 10.0. The highest BCUT2D eigenvalue weighted by molar-refractivity contribution is 5.99. The van der Waals surface area contributed by atoms with Gasteiger partial charge in [0.25, 0.3) is 0 Å². The summed E-state index contributed by atoms with van der Waals surface area (Å²) in [7, 11) is 3.83. The van der Waals surface area contributed by atoms with E-state index >= 15 is 0 Å². The average Bonchev–Trinajstić information content (AvgIpc) is 2.67. The van der Waals surface area contributed by atoms with Gasteiger partial charge in [-0.3, -0.25) is 9.59 Å². The minimum absolute atomic E-state index is 0. The minimum atomic E-state index is 0. The largest absolute Gasteiger partial charge is 1.00 e. The second kappa shape index (κ2) is 14.3. The third-order valence-electron chi connectivity index (χ3n) is 4.50. The molecule has 0 spiro atoms. The van der Waals surface area contributed by atoms with Crippen molar-refractivity contribution in [1.29, 1.82) is 0 Å². The van der Waals surface area contributed by atoms with E-state index in [2.05, 4.69) is 0 Å². The summed E-state index contributed by atoms with van der Waals surface area (Å²) in [5.41, 5.74) is 3.97. The molecule has 0 radical (unpaired) electrons. The fraction of sp³-hybridized carbons (Fsp3) is 0.364. The number of carbonyl (C=O) groups is 2. The highest BCUT2D eigenvalue weighted by Gasteiger charge is 2.16. The molecule has 0 unspecified atom stereocenters. The Labute approximate surface area is 181 Å². The molecule has 0 fully saturated rings. The Hall–Kier alpha value is -1.72. The van der Waals surface area contributed by atoms with Crippen LogP contribution in [-0.2, 0) is 0 Å². The molecule has 2 atom stereocenters. The maximum atomic E-state index is 11.7. The number of likely N-dealkylation sites (N-methyl/N-ethyl adjacent to an activating group) is 2. The molecule has 156 valence electrons. The first-order valence-corrected chi connectivity index (χ1v) is 9.10. The Morgan fingerprint density at radius 1 is 0.643 bits per heavy atom. The number of quaternary nitrogens is 2. The van der Waals surface area contributed by atoms with Gasteiger partial charge in [-0.05, 0) is 27.7 Å². The molecule has 0 aliphatic heterocycles. The quantitative estimate of drug-likeness (QED) is 0.457. The molecule has 2 aromatic carbocycles. The zero-order valence-electron chi connectivity index (χ0n) is 17.5. The molecule has 6 heteroatoms. The van der Waals surface area contributed by atoms with Crippen LogP contribution in [0.3, 0.4) is 0 Å². The number of Topliss-reactive ketones (excluding diaryl/α,β-unsaturated/α-hetero) is 2. The summed E-state index contributed by atoms with van der Waals surface area (Å²) in [6.07, 6.45) is 0. The predicted octanol–water partition coefficient (Wildman–Crippen LogP) is -4.47. The van der Waals surface area contributed by atoms with Gasteiger partial charge in [0, 0.05) is 11.1 Å². The van der Waals surface area contributed by atoms with Gasteiger partial charge in [0.15, 0.2) is 0 Å². The topological polar surface area (TPSA) is 67.4 Å². The second-order valence-corrected chi connectivity index (χ2v) is 6.70. The van der Waals surface area contributed by atoms with E-state index in [1.165, 1.54) is 11.1 Å². The molecule has 28 heavy (non-hydrogen) atoms. The Morgan fingerprint density at radius 3 is 1.11 bits per heavy atom. The summed E-state index contributed by atoms with van der Waals surface area (Å²) >= 11 is 0. The lowest BCUT2D eigenvalue weighted by Crippen LogP contribution is -3.00. The van der Waals surface area contributed by atoms with Crippen molar-refractivity contribution in [3.8, 4) is 0 Å². The van der Waals surface area contributed by atoms with Crippen molar-refractivity contribution in [3.63, 3.8) is 0 Å². The molecule has 4 N–H and O–H groups in total. The molecule has 0 amide bonds. The van der Waals surface area contributed by atoms with Crippen LogP contribution in [-0.4, -0.2) is 37.7 Å². The van der Waals surface area contributed by atoms with Gasteiger partial charge in [-0.2, -0.15) is 0 Å². The van der Waals surface area contributed by atoms with Crippen LogP contribution in [0, 0.1) is 13.8 Å². The van der Waals surface area contributed by atoms with E-state index in [1.54, 1.807) is 0 Å². The number of aryl methyl sites for hydroxylation is 2. The SMILES string of the molecule is C[NH2+][C@@H](C)C(=O)c1ccc(C)cc1.C[NH2+][C@H](C)C(=O)c1ccc(C)cc1.[Cl-].[Cl-]. The first-order valence-electron chi connectivity index (χ1n) is 9.10. The molecule has 4 nitrogen and oxygen atoms in total. The van der Waals surface area contributed by atoms with E-state index in [-0.39, 0.29) is 48.5 Å². The summed E-state index contributed by atoms with van der Waals surface area (Å²) in [6, 6.07) is 15.5. The number of benzene rings is 2. The van der Waals surface area contributed by atoms with Gasteiger partial charge in [-0.25, -0.2) is 0 Å². The first-order chi connectivity index (χ1) is 12.3. The summed E-state index contributed by atoms with van der Waals surface area (Å²) < 4.78 is 0. The Balaban J connectivity index is 0. The zero-order valence-corrected chi connectivity index (χ0v) is 19.0. The maximum Gasteiger partial charge on any atom is 0.219 e. The van der Waals surface area contributed by atoms with Gasteiger partial charge in [0.1, 0.15) is 12.1 Å². The smallest absolute Gasteiger partial charge is 0.219 e. The van der Waals surface area contributed by atoms with Crippen molar-refractivity contribution in [1.82, 2.24) is 0 Å². The van der Waals surface area contributed by atoms with Gasteiger partial charge in [-0.1, -0.05) is 59.7 Å². The van der Waals surface area contributed by atoms with Gasteiger partial charge in [-0.15, -0.1) is 0 Å². The number of ketones is 2. The highest BCUT2D eigenvalue weighted by Crippen LogP contribution is 2.05. The molecule has 2 aromatic rings. The van der Waals surface area contributed by atoms with Crippen LogP contribution < -0.4 is 35.4 Å². The maximum absolute atomic E-state index is 11.7. The van der Waals surface area contributed by atoms with E-state index in [1.807, 2.05) is 101 Å². The van der Waals surface area contributed by atoms with Crippen molar-refractivity contribution in [2.45, 2.75) is 39.8 Å². The van der Waals surface area contributed by atoms with E-state index in [9.17, 15) is 9.59 Å². The number of nitrogens with two attached hydrogens (primary N) is 2. The van der Waals surface area contributed by atoms with E-state index in [0.717, 1.165) is 11.1 Å². The molecule has 0 aliphatic carbocycles. The number of rotatable bonds is 6. The van der Waals surface area contributed by atoms with Gasteiger partial charge in [0.2, 0.25) is 11.6 Å². The number of halogens is 2. The zero-order chi connectivity index (χ0) is 19.7. The summed E-state index contributed by atoms with van der Waals surface area (Å²) in [5.74, 6) is 0.394. The van der Waals surface area contributed by atoms with Crippen molar-refractivity contribution in [3.05, 3.63) is 70.8 Å². The van der Waals surface area contributed by atoms with Crippen LogP contribution >= 0.6 is 0 Å². The van der Waals surface area contributed by atoms with Crippen LogP contribution in [0.1, 0.15) is 45.7 Å². The Morgan fingerprint density at radius 2 is 0.893 bits per heavy atom. The predicted molar refractivity (Wildman–Crippen MR) is 106 cm³/mol. The van der Waals surface area contributed by atoms with Crippen LogP contribution in [0.2, 0.25) is 0 Å². The fourth-order valence-corrected chi connectivity index (χ4v) is 2.26. The molecule has 2 rings (SSSR count). The van der Waals surface area contributed by atoms with Gasteiger partial charge in [0.05, 0.1) is 14.1 Å². The lowest BCUT2D eigenvalue weighted by molar-refractivity contribution is -0.645. The van der Waals surface area contributed by atoms with E-state index < -0.39 is 0 Å². The summed E-state index contributed by atoms with van der Waals surface area (Å²) in [5, 5.41) is 3.84. The van der Waals surface area contributed by atoms with Crippen LogP contribution in [0.5, 0.6) is 0 Å². The fourth-order valence-electron chi connectivity index (χ4n) is 2.26. The van der Waals surface area contributed by atoms with E-state index in [0.29, 0.717) is 0 Å². The van der Waals surface area contributed by atoms with Crippen LogP contribution in [0.15, 0.2) is 48.5 Å². The van der Waals surface area contributed by atoms with Crippen LogP contribution in [0.4, 0.5) is 0 Å². The lowest BCUT2D eigenvalue weighted by Gasteiger charge is -2.05. The highest BCUT2D eigenvalue weighted by atomic mass is 35.5. The number of hydrogen-bond donors (Lipinski definition) is 2. The summed E-state index contributed by atoms with van der Waals surface area (Å²) in [4.78, 5) is 23.3. The number of carbonyl (C=O) groups excluding carboxylic acids is 2. The van der Waals surface area contributed by atoms with Crippen molar-refractivity contribution < 1.29 is 45.0 Å². The minimum Gasteiger partial charge on any atom is -1.00 e. The third-order valence-corrected chi connectivity index (χ3v) is 4.50. The van der Waals surface area contributed by atoms with Gasteiger partial charge < -0.3 is 35.4 Å². The molecule has 0 aromatic heterocycles. The molecular weight excluding hydrogens is 395 g/mol. The standard InChI is InChI=1S/2C11H15NO.2ClH/c2*1-8-4-6-10(7-5-8)11(13)9(2)12-3;;/h2*4-7,9,12H,1-3H3;2*1H/t2*9-;;/m10../s1. The molecular formula is C22H32Cl2N2O2. The van der Waals surface area contributed by atoms with Gasteiger partial charge >= 0.3 is 0 Å². The van der Waals surface area contributed by atoms with Crippen molar-refractivity contribution in [2.75, 3.05) is 14.1 Å². The second-order valence-electron chi connectivity index (χ2n) is 6.70. The number of hydrogen-bond acceptors (Lipinski definition) is 2.